The number of aromatic nitrogens is 3. The van der Waals surface area contributed by atoms with Crippen molar-refractivity contribution in [3.8, 4) is 0 Å². The molecular formula is C23H35N5O5S-2. The maximum absolute atomic E-state index is 12.1. The molecule has 1 aliphatic rings. The van der Waals surface area contributed by atoms with Gasteiger partial charge in [-0.2, -0.15) is 0 Å². The lowest BCUT2D eigenvalue weighted by atomic mass is 9.67. The van der Waals surface area contributed by atoms with Gasteiger partial charge in [-0.1, -0.05) is 30.2 Å². The molecule has 1 aromatic carbocycles. The van der Waals surface area contributed by atoms with E-state index in [1.807, 2.05) is 44.6 Å². The molecule has 2 aromatic rings. The highest BCUT2D eigenvalue weighted by atomic mass is 32.2. The van der Waals surface area contributed by atoms with Crippen LogP contribution in [0.3, 0.4) is 0 Å². The lowest BCUT2D eigenvalue weighted by Gasteiger charge is -2.60. The van der Waals surface area contributed by atoms with Crippen molar-refractivity contribution in [2.45, 2.75) is 51.5 Å². The largest absolute Gasteiger partial charge is 0.851 e. The van der Waals surface area contributed by atoms with E-state index in [2.05, 4.69) is 22.1 Å². The van der Waals surface area contributed by atoms with E-state index >= 15 is 0 Å². The lowest BCUT2D eigenvalue weighted by Crippen LogP contribution is -2.64. The van der Waals surface area contributed by atoms with Crippen LogP contribution in [-0.2, 0) is 23.2 Å². The zero-order chi connectivity index (χ0) is 25.1. The van der Waals surface area contributed by atoms with Crippen LogP contribution in [0.1, 0.15) is 37.4 Å². The van der Waals surface area contributed by atoms with Crippen molar-refractivity contribution in [3.05, 3.63) is 41.7 Å². The first-order chi connectivity index (χ1) is 15.9. The molecule has 2 atom stereocenters. The van der Waals surface area contributed by atoms with Crippen molar-refractivity contribution in [2.75, 3.05) is 44.4 Å². The Morgan fingerprint density at radius 1 is 1.15 bits per heavy atom. The van der Waals surface area contributed by atoms with E-state index in [-0.39, 0.29) is 11.7 Å². The number of hydrogen-bond donors (Lipinski definition) is 0. The Balaban J connectivity index is 1.52. The summed E-state index contributed by atoms with van der Waals surface area (Å²) in [5.41, 5.74) is 2.65. The van der Waals surface area contributed by atoms with E-state index in [9.17, 15) is 23.2 Å². The van der Waals surface area contributed by atoms with Gasteiger partial charge in [0.25, 0.3) is 0 Å². The second-order valence-electron chi connectivity index (χ2n) is 9.89. The highest BCUT2D eigenvalue weighted by Crippen LogP contribution is 2.39. The van der Waals surface area contributed by atoms with Gasteiger partial charge in [0, 0.05) is 31.0 Å². The molecule has 1 fully saturated rings. The van der Waals surface area contributed by atoms with Gasteiger partial charge in [0.15, 0.2) is 0 Å². The minimum absolute atomic E-state index is 0.307. The van der Waals surface area contributed by atoms with Gasteiger partial charge in [-0.25, -0.2) is 8.42 Å². The van der Waals surface area contributed by atoms with Crippen LogP contribution < -0.4 is 15.1 Å². The summed E-state index contributed by atoms with van der Waals surface area (Å²) in [5.74, 6) is -1.12. The van der Waals surface area contributed by atoms with Gasteiger partial charge in [-0.3, -0.25) is 4.68 Å². The highest BCUT2D eigenvalue weighted by Gasteiger charge is 2.34. The molecular weight excluding hydrogens is 458 g/mol. The zero-order valence-corrected chi connectivity index (χ0v) is 21.1. The molecule has 34 heavy (non-hydrogen) atoms. The summed E-state index contributed by atoms with van der Waals surface area (Å²) in [4.78, 5) is 2.20. The summed E-state index contributed by atoms with van der Waals surface area (Å²) in [7, 11) is -0.262. The molecule has 0 radical (unpaired) electrons. The van der Waals surface area contributed by atoms with E-state index in [0.717, 1.165) is 23.5 Å². The fourth-order valence-corrected chi connectivity index (χ4v) is 5.05. The van der Waals surface area contributed by atoms with E-state index in [4.69, 9.17) is 0 Å². The number of benzene rings is 1. The summed E-state index contributed by atoms with van der Waals surface area (Å²) >= 11 is 0. The standard InChI is InChI=1S/C23H36N5O5S/c1-5-26(20-9-7-18(8-10-20)21-22(29)17(2)23(21)30)11-12-27-15-19(24-25-27)16-28(3,4)13-6-14-34(31,32)33/h7-10,15,17,21-23H,5-6,11-14,16H2,1-4H3,(H,31,32,33)/q-1/p-1. The average Bonchev–Trinajstić information content (AvgIpc) is 3.20. The summed E-state index contributed by atoms with van der Waals surface area (Å²) in [5, 5.41) is 32.7. The zero-order valence-electron chi connectivity index (χ0n) is 20.3. The minimum Gasteiger partial charge on any atom is -0.851 e. The smallest absolute Gasteiger partial charge is 0.137 e. The fourth-order valence-electron chi connectivity index (χ4n) is 4.57. The third-order valence-corrected chi connectivity index (χ3v) is 7.49. The van der Waals surface area contributed by atoms with Crippen LogP contribution in [0.15, 0.2) is 30.5 Å². The average molecular weight is 494 g/mol. The fraction of sp³-hybridized carbons (Fsp3) is 0.652. The molecule has 1 saturated carbocycles. The molecule has 0 amide bonds. The van der Waals surface area contributed by atoms with Crippen LogP contribution in [0.25, 0.3) is 0 Å². The van der Waals surface area contributed by atoms with Gasteiger partial charge in [0.05, 0.1) is 43.5 Å². The van der Waals surface area contributed by atoms with Crippen molar-refractivity contribution >= 4 is 15.8 Å². The molecule has 11 heteroatoms. The number of rotatable bonds is 12. The molecule has 0 saturated heterocycles. The second-order valence-corrected chi connectivity index (χ2v) is 11.4. The number of hydrogen-bond acceptors (Lipinski definition) is 8. The molecule has 3 rings (SSSR count). The molecule has 1 aromatic heterocycles. The van der Waals surface area contributed by atoms with E-state index in [1.165, 1.54) is 0 Å². The Bertz CT molecular complexity index is 1030. The Morgan fingerprint density at radius 2 is 1.79 bits per heavy atom. The Hall–Kier alpha value is -2.05. The molecule has 0 aliphatic heterocycles. The molecule has 0 bridgehead atoms. The van der Waals surface area contributed by atoms with Gasteiger partial charge in [-0.15, -0.1) is 17.3 Å². The minimum atomic E-state index is -4.19. The molecule has 1 aliphatic carbocycles. The summed E-state index contributed by atoms with van der Waals surface area (Å²) in [6, 6.07) is 7.73. The van der Waals surface area contributed by atoms with Crippen LogP contribution in [0, 0.1) is 5.92 Å². The predicted octanol–water partition coefficient (Wildman–Crippen LogP) is -0.493. The van der Waals surface area contributed by atoms with Gasteiger partial charge in [-0.05, 0) is 30.5 Å². The normalized spacial score (nSPS) is 23.0. The van der Waals surface area contributed by atoms with E-state index in [1.54, 1.807) is 11.6 Å². The second kappa shape index (κ2) is 10.7. The summed E-state index contributed by atoms with van der Waals surface area (Å²) < 4.78 is 34.7. The first-order valence-electron chi connectivity index (χ1n) is 11.7. The molecule has 190 valence electrons. The molecule has 1 heterocycles. The first-order valence-corrected chi connectivity index (χ1v) is 13.3. The van der Waals surface area contributed by atoms with Gasteiger partial charge in [0.2, 0.25) is 0 Å². The third-order valence-electron chi connectivity index (χ3n) is 6.70. The number of quaternary nitrogens is 1. The van der Waals surface area contributed by atoms with E-state index < -0.39 is 28.2 Å². The van der Waals surface area contributed by atoms with Crippen molar-refractivity contribution in [1.82, 2.24) is 15.0 Å². The van der Waals surface area contributed by atoms with Crippen LogP contribution in [0.2, 0.25) is 0 Å². The third kappa shape index (κ3) is 6.76. The van der Waals surface area contributed by atoms with E-state index in [0.29, 0.717) is 37.1 Å². The molecule has 0 N–H and O–H groups in total. The summed E-state index contributed by atoms with van der Waals surface area (Å²) in [6.07, 6.45) is 0.560. The van der Waals surface area contributed by atoms with Gasteiger partial charge >= 0.3 is 0 Å². The number of nitrogens with zero attached hydrogens (tertiary/aromatic N) is 5. The SMILES string of the molecule is CCN(CCn1cc(C[N+](C)(C)CCCS(=O)(=O)[O-])nn1)c1ccc(C2C([O-])C(C)C2[O-])cc1. The summed E-state index contributed by atoms with van der Waals surface area (Å²) in [6.45, 7) is 7.08. The van der Waals surface area contributed by atoms with Crippen molar-refractivity contribution in [1.29, 1.82) is 0 Å². The maximum atomic E-state index is 12.1. The van der Waals surface area contributed by atoms with Gasteiger partial charge < -0.3 is 24.1 Å². The van der Waals surface area contributed by atoms with Crippen molar-refractivity contribution in [2.24, 2.45) is 5.92 Å². The lowest BCUT2D eigenvalue weighted by molar-refractivity contribution is -0.903. The Kier molecular flexibility index (Phi) is 8.35. The Morgan fingerprint density at radius 3 is 2.38 bits per heavy atom. The topological polar surface area (TPSA) is 137 Å². The highest BCUT2D eigenvalue weighted by molar-refractivity contribution is 7.85. The van der Waals surface area contributed by atoms with Gasteiger partial charge in [0.1, 0.15) is 12.2 Å². The monoisotopic (exact) mass is 493 g/mol. The van der Waals surface area contributed by atoms with Crippen LogP contribution in [-0.4, -0.2) is 84.1 Å². The first kappa shape index (κ1) is 26.6. The molecule has 2 unspecified atom stereocenters. The number of likely N-dealkylation sites (N-methyl/N-ethyl adjacent to an activating group) is 1. The van der Waals surface area contributed by atoms with Crippen molar-refractivity contribution < 1.29 is 27.7 Å². The van der Waals surface area contributed by atoms with Crippen LogP contribution in [0.4, 0.5) is 5.69 Å². The predicted molar refractivity (Wildman–Crippen MR) is 124 cm³/mol. The van der Waals surface area contributed by atoms with Crippen LogP contribution >= 0.6 is 0 Å². The Labute approximate surface area is 202 Å². The van der Waals surface area contributed by atoms with Crippen molar-refractivity contribution in [3.63, 3.8) is 0 Å². The maximum Gasteiger partial charge on any atom is 0.137 e. The quantitative estimate of drug-likeness (QED) is 0.285. The molecule has 10 nitrogen and oxygen atoms in total. The number of anilines is 1. The molecule has 0 spiro atoms. The van der Waals surface area contributed by atoms with Crippen LogP contribution in [0.5, 0.6) is 0 Å².